The van der Waals surface area contributed by atoms with Crippen LogP contribution in [0.25, 0.3) is 10.2 Å². The van der Waals surface area contributed by atoms with Crippen LogP contribution in [-0.2, 0) is 12.8 Å². The van der Waals surface area contributed by atoms with Gasteiger partial charge in [0.25, 0.3) is 0 Å². The van der Waals surface area contributed by atoms with E-state index in [-0.39, 0.29) is 5.78 Å². The van der Waals surface area contributed by atoms with Gasteiger partial charge in [0.15, 0.2) is 5.78 Å². The van der Waals surface area contributed by atoms with Crippen molar-refractivity contribution in [3.8, 4) is 0 Å². The number of halogens is 1. The quantitative estimate of drug-likeness (QED) is 0.336. The zero-order valence-electron chi connectivity index (χ0n) is 13.8. The number of rotatable bonds is 4. The number of fused-ring (bicyclic) bond motifs is 3. The van der Waals surface area contributed by atoms with Crippen LogP contribution in [0.15, 0.2) is 29.3 Å². The third kappa shape index (κ3) is 3.33. The van der Waals surface area contributed by atoms with Gasteiger partial charge < -0.3 is 0 Å². The summed E-state index contributed by atoms with van der Waals surface area (Å²) in [6.07, 6.45) is 4.70. The molecule has 0 amide bonds. The summed E-state index contributed by atoms with van der Waals surface area (Å²) in [5, 5.41) is 2.61. The molecule has 0 atom stereocenters. The number of thioether (sulfide) groups is 1. The Morgan fingerprint density at radius 1 is 1.24 bits per heavy atom. The van der Waals surface area contributed by atoms with E-state index >= 15 is 0 Å². The van der Waals surface area contributed by atoms with E-state index in [9.17, 15) is 4.79 Å². The first-order valence-electron chi connectivity index (χ1n) is 8.33. The summed E-state index contributed by atoms with van der Waals surface area (Å²) < 4.78 is 0. The Balaban J connectivity index is 1.66. The monoisotopic (exact) mass is 388 g/mol. The van der Waals surface area contributed by atoms with Crippen molar-refractivity contribution >= 4 is 50.7 Å². The highest BCUT2D eigenvalue weighted by molar-refractivity contribution is 8.00. The minimum atomic E-state index is 0.0316. The summed E-state index contributed by atoms with van der Waals surface area (Å²) in [7, 11) is 0. The molecule has 3 aromatic rings. The summed E-state index contributed by atoms with van der Waals surface area (Å²) in [5.41, 5.74) is 1.98. The minimum Gasteiger partial charge on any atom is -0.293 e. The zero-order chi connectivity index (χ0) is 17.4. The number of aryl methyl sites for hydroxylation is 3. The molecule has 1 aliphatic carbocycles. The largest absolute Gasteiger partial charge is 0.293 e. The van der Waals surface area contributed by atoms with Gasteiger partial charge in [0.2, 0.25) is 0 Å². The average molecular weight is 389 g/mol. The van der Waals surface area contributed by atoms with Crippen molar-refractivity contribution in [3.05, 3.63) is 51.1 Å². The van der Waals surface area contributed by atoms with Gasteiger partial charge in [-0.15, -0.1) is 11.3 Å². The fourth-order valence-corrected chi connectivity index (χ4v) is 5.83. The third-order valence-electron chi connectivity index (χ3n) is 4.41. The Labute approximate surface area is 159 Å². The van der Waals surface area contributed by atoms with Gasteiger partial charge in [0.05, 0.1) is 10.8 Å². The Morgan fingerprint density at radius 3 is 2.88 bits per heavy atom. The number of thiophene rings is 1. The Morgan fingerprint density at radius 2 is 2.04 bits per heavy atom. The molecule has 0 fully saturated rings. The molecule has 0 aliphatic heterocycles. The molecule has 0 bridgehead atoms. The number of hydrogen-bond donors (Lipinski definition) is 0. The van der Waals surface area contributed by atoms with Crippen LogP contribution in [0.2, 0.25) is 5.02 Å². The lowest BCUT2D eigenvalue weighted by atomic mass is 9.97. The average Bonchev–Trinajstić information content (AvgIpc) is 2.97. The molecule has 0 spiro atoms. The number of carbonyl (C=O) groups excluding carboxylic acids is 1. The number of aromatic nitrogens is 2. The highest BCUT2D eigenvalue weighted by atomic mass is 35.5. The van der Waals surface area contributed by atoms with Crippen molar-refractivity contribution in [1.29, 1.82) is 0 Å². The Hall–Kier alpha value is -1.43. The second-order valence-electron chi connectivity index (χ2n) is 6.16. The van der Waals surface area contributed by atoms with Crippen molar-refractivity contribution in [2.24, 2.45) is 0 Å². The van der Waals surface area contributed by atoms with Crippen molar-refractivity contribution in [1.82, 2.24) is 9.97 Å². The number of Topliss-reactive ketones (excluding diaryl/α,β-unsaturated/α-hetero) is 1. The first kappa shape index (κ1) is 17.0. The lowest BCUT2D eigenvalue weighted by Gasteiger charge is -2.11. The summed E-state index contributed by atoms with van der Waals surface area (Å²) in [6.45, 7) is 1.91. The van der Waals surface area contributed by atoms with Crippen molar-refractivity contribution in [3.63, 3.8) is 0 Å². The predicted molar refractivity (Wildman–Crippen MR) is 105 cm³/mol. The maximum absolute atomic E-state index is 12.5. The molecule has 0 saturated heterocycles. The van der Waals surface area contributed by atoms with Gasteiger partial charge in [-0.1, -0.05) is 35.5 Å². The predicted octanol–water partition coefficient (Wildman–Crippen LogP) is 5.51. The topological polar surface area (TPSA) is 42.9 Å². The molecule has 0 unspecified atom stereocenters. The lowest BCUT2D eigenvalue weighted by molar-refractivity contribution is 0.102. The molecule has 4 rings (SSSR count). The Kier molecular flexibility index (Phi) is 4.80. The van der Waals surface area contributed by atoms with Crippen LogP contribution in [0.5, 0.6) is 0 Å². The maximum atomic E-state index is 12.5. The van der Waals surface area contributed by atoms with E-state index in [1.54, 1.807) is 23.5 Å². The molecule has 3 nitrogen and oxygen atoms in total. The third-order valence-corrected chi connectivity index (χ3v) is 6.90. The van der Waals surface area contributed by atoms with Crippen molar-refractivity contribution in [2.45, 2.75) is 37.6 Å². The fourth-order valence-electron chi connectivity index (χ4n) is 3.23. The molecule has 0 radical (unpaired) electrons. The van der Waals surface area contributed by atoms with E-state index in [4.69, 9.17) is 11.6 Å². The molecular formula is C19H17ClN2OS2. The van der Waals surface area contributed by atoms with Crippen LogP contribution in [0.3, 0.4) is 0 Å². The smallest absolute Gasteiger partial charge is 0.174 e. The van der Waals surface area contributed by atoms with Crippen LogP contribution in [0.4, 0.5) is 0 Å². The second-order valence-corrected chi connectivity index (χ2v) is 8.61. The van der Waals surface area contributed by atoms with Crippen molar-refractivity contribution in [2.75, 3.05) is 5.75 Å². The van der Waals surface area contributed by atoms with Crippen LogP contribution in [-0.4, -0.2) is 21.5 Å². The molecule has 1 aliphatic rings. The molecule has 1 aromatic carbocycles. The van der Waals surface area contributed by atoms with Gasteiger partial charge in [0, 0.05) is 15.8 Å². The van der Waals surface area contributed by atoms with E-state index in [0.717, 1.165) is 28.5 Å². The number of benzene rings is 1. The van der Waals surface area contributed by atoms with Gasteiger partial charge in [-0.3, -0.25) is 4.79 Å². The normalized spacial score (nSPS) is 13.8. The highest BCUT2D eigenvalue weighted by Gasteiger charge is 2.21. The Bertz CT molecular complexity index is 967. The fraction of sp³-hybridized carbons (Fsp3) is 0.316. The van der Waals surface area contributed by atoms with E-state index in [1.165, 1.54) is 40.4 Å². The van der Waals surface area contributed by atoms with Gasteiger partial charge in [-0.25, -0.2) is 9.97 Å². The SMILES string of the molecule is Cc1nc(SCC(=O)c2ccccc2Cl)c2c3c(sc2n1)CCCC3. The highest BCUT2D eigenvalue weighted by Crippen LogP contribution is 2.39. The number of ketones is 1. The molecule has 6 heteroatoms. The molecule has 128 valence electrons. The number of hydrogen-bond acceptors (Lipinski definition) is 5. The van der Waals surface area contributed by atoms with Gasteiger partial charge >= 0.3 is 0 Å². The van der Waals surface area contributed by atoms with Crippen LogP contribution >= 0.6 is 34.7 Å². The summed E-state index contributed by atoms with van der Waals surface area (Å²) >= 11 is 9.44. The summed E-state index contributed by atoms with van der Waals surface area (Å²) in [6, 6.07) is 7.20. The molecule has 25 heavy (non-hydrogen) atoms. The summed E-state index contributed by atoms with van der Waals surface area (Å²) in [5.74, 6) is 1.13. The molecule has 2 heterocycles. The number of carbonyl (C=O) groups is 1. The first-order valence-corrected chi connectivity index (χ1v) is 10.5. The first-order chi connectivity index (χ1) is 12.1. The zero-order valence-corrected chi connectivity index (χ0v) is 16.2. The van der Waals surface area contributed by atoms with Gasteiger partial charge in [0.1, 0.15) is 15.7 Å². The summed E-state index contributed by atoms with van der Waals surface area (Å²) in [4.78, 5) is 24.3. The van der Waals surface area contributed by atoms with E-state index < -0.39 is 0 Å². The lowest BCUT2D eigenvalue weighted by Crippen LogP contribution is -2.04. The van der Waals surface area contributed by atoms with E-state index in [0.29, 0.717) is 16.3 Å². The van der Waals surface area contributed by atoms with E-state index in [2.05, 4.69) is 9.97 Å². The van der Waals surface area contributed by atoms with Crippen molar-refractivity contribution < 1.29 is 4.79 Å². The molecule has 2 aromatic heterocycles. The maximum Gasteiger partial charge on any atom is 0.174 e. The van der Waals surface area contributed by atoms with Gasteiger partial charge in [-0.05, 0) is 50.3 Å². The molecule has 0 saturated carbocycles. The van der Waals surface area contributed by atoms with Crippen LogP contribution < -0.4 is 0 Å². The molecule has 0 N–H and O–H groups in total. The van der Waals surface area contributed by atoms with Crippen LogP contribution in [0, 0.1) is 6.92 Å². The second kappa shape index (κ2) is 7.06. The minimum absolute atomic E-state index is 0.0316. The number of nitrogens with zero attached hydrogens (tertiary/aromatic N) is 2. The van der Waals surface area contributed by atoms with E-state index in [1.807, 2.05) is 19.1 Å². The van der Waals surface area contributed by atoms with Crippen LogP contribution in [0.1, 0.15) is 39.5 Å². The standard InChI is InChI=1S/C19H17ClN2OS2/c1-11-21-18(24-10-15(23)12-6-2-4-8-14(12)20)17-13-7-3-5-9-16(13)25-19(17)22-11/h2,4,6,8H,3,5,7,9-10H2,1H3. The molecular weight excluding hydrogens is 372 g/mol. The van der Waals surface area contributed by atoms with Gasteiger partial charge in [-0.2, -0.15) is 0 Å².